The number of likely N-dealkylation sites (tertiary alicyclic amines) is 1. The molecule has 1 heterocycles. The smallest absolute Gasteiger partial charge is 0.340 e. The minimum absolute atomic E-state index is 0.0231. The lowest BCUT2D eigenvalue weighted by molar-refractivity contribution is -0.284. The first-order valence-electron chi connectivity index (χ1n) is 14.4. The van der Waals surface area contributed by atoms with Gasteiger partial charge in [-0.2, -0.15) is 0 Å². The number of rotatable bonds is 6. The lowest BCUT2D eigenvalue weighted by Gasteiger charge is -2.69. The third-order valence-corrected chi connectivity index (χ3v) is 12.2. The van der Waals surface area contributed by atoms with Crippen LogP contribution in [-0.2, 0) is 18.9 Å². The number of piperidine rings is 1. The highest BCUT2D eigenvalue weighted by atomic mass is 16.6. The molecule has 1 saturated heterocycles. The lowest BCUT2D eigenvalue weighted by Crippen LogP contribution is -2.78. The van der Waals surface area contributed by atoms with E-state index in [1.807, 2.05) is 19.2 Å². The predicted octanol–water partition coefficient (Wildman–Crippen LogP) is 2.73. The molecule has 7 rings (SSSR count). The summed E-state index contributed by atoms with van der Waals surface area (Å²) >= 11 is 0. The zero-order chi connectivity index (χ0) is 26.6. The van der Waals surface area contributed by atoms with Gasteiger partial charge in [-0.3, -0.25) is 4.90 Å². The van der Waals surface area contributed by atoms with Crippen LogP contribution in [0, 0.1) is 35.0 Å². The van der Waals surface area contributed by atoms with E-state index in [-0.39, 0.29) is 65.3 Å². The van der Waals surface area contributed by atoms with E-state index in [1.165, 1.54) is 0 Å². The number of carbonyl (C=O) groups is 1. The molecule has 1 spiro atoms. The third-order valence-electron chi connectivity index (χ3n) is 12.2. The highest BCUT2D eigenvalue weighted by Gasteiger charge is 2.84. The second-order valence-corrected chi connectivity index (χ2v) is 12.9. The lowest BCUT2D eigenvalue weighted by atomic mass is 9.45. The van der Waals surface area contributed by atoms with Crippen LogP contribution in [0.4, 0.5) is 5.69 Å². The molecular weight excluding hydrogens is 484 g/mol. The maximum Gasteiger partial charge on any atom is 0.340 e. The van der Waals surface area contributed by atoms with Gasteiger partial charge in [0.1, 0.15) is 5.60 Å². The summed E-state index contributed by atoms with van der Waals surface area (Å²) in [6, 6.07) is 7.35. The predicted molar refractivity (Wildman–Crippen MR) is 140 cm³/mol. The van der Waals surface area contributed by atoms with E-state index in [0.29, 0.717) is 24.2 Å². The van der Waals surface area contributed by atoms with E-state index < -0.39 is 11.2 Å². The Balaban J connectivity index is 1.39. The van der Waals surface area contributed by atoms with Gasteiger partial charge in [-0.15, -0.1) is 0 Å². The van der Waals surface area contributed by atoms with E-state index in [0.717, 1.165) is 32.2 Å². The van der Waals surface area contributed by atoms with E-state index in [1.54, 1.807) is 26.4 Å². The van der Waals surface area contributed by atoms with Crippen molar-refractivity contribution in [3.05, 3.63) is 29.8 Å². The van der Waals surface area contributed by atoms with Crippen LogP contribution in [0.25, 0.3) is 0 Å². The molecule has 5 aliphatic carbocycles. The van der Waals surface area contributed by atoms with Crippen molar-refractivity contribution in [1.82, 2.24) is 4.90 Å². The maximum atomic E-state index is 13.7. The highest BCUT2D eigenvalue weighted by molar-refractivity contribution is 5.95. The molecule has 6 aliphatic rings. The van der Waals surface area contributed by atoms with Crippen LogP contribution in [0.1, 0.15) is 49.4 Å². The fraction of sp³-hybridized carbons (Fsp3) is 0.767. The van der Waals surface area contributed by atoms with E-state index in [4.69, 9.17) is 24.7 Å². The number of fused-ring (bicyclic) bond motifs is 2. The summed E-state index contributed by atoms with van der Waals surface area (Å²) < 4.78 is 25.3. The number of ether oxygens (including phenoxy) is 4. The summed E-state index contributed by atoms with van der Waals surface area (Å²) in [7, 11) is 5.40. The number of aliphatic hydroxyl groups is 1. The van der Waals surface area contributed by atoms with Crippen LogP contribution in [0.3, 0.4) is 0 Å². The molecule has 8 heteroatoms. The SMILES string of the molecule is CCN1C[C@]2(OC(=O)c3ccccc3N)CC[C@H](OC)[C@@]34[C@@H]5C[C@H]6[C@H](OC)[C@@H]5[C@](O)(C[C@@H]6OC)[C@@H](C[C@H]23)[C@@H]14. The van der Waals surface area contributed by atoms with E-state index in [2.05, 4.69) is 11.8 Å². The van der Waals surface area contributed by atoms with Gasteiger partial charge >= 0.3 is 5.97 Å². The second kappa shape index (κ2) is 8.40. The standard InChI is InChI=1S/C30H42N2O6/c1-5-32-15-28(38-27(33)16-8-6-7-9-20(16)31)11-10-23(36-3)30-18-12-17-21(35-2)14-29(34,24(18)25(17)37-4)19(26(30)32)13-22(28)30/h6-9,17-19,21-26,34H,5,10-15,31H2,1-4H3/t17-,18-,19+,21+,22-,23+,24-,25+,26-,28-,29+,30-/m1/s1. The monoisotopic (exact) mass is 526 g/mol. The average Bonchev–Trinajstić information content (AvgIpc) is 3.38. The number of para-hydroxylation sites is 1. The molecule has 3 N–H and O–H groups in total. The van der Waals surface area contributed by atoms with E-state index >= 15 is 0 Å². The molecule has 1 aliphatic heterocycles. The number of nitrogens with zero attached hydrogens (tertiary/aromatic N) is 1. The van der Waals surface area contributed by atoms with Crippen molar-refractivity contribution in [3.63, 3.8) is 0 Å². The number of nitrogens with two attached hydrogens (primary N) is 1. The number of benzene rings is 1. The molecule has 1 aromatic rings. The van der Waals surface area contributed by atoms with Crippen LogP contribution >= 0.6 is 0 Å². The number of carbonyl (C=O) groups excluding carboxylic acids is 1. The van der Waals surface area contributed by atoms with Gasteiger partial charge in [0.15, 0.2) is 0 Å². The molecule has 0 radical (unpaired) electrons. The number of hydrogen-bond acceptors (Lipinski definition) is 8. The quantitative estimate of drug-likeness (QED) is 0.431. The molecule has 0 amide bonds. The largest absolute Gasteiger partial charge is 0.454 e. The number of nitrogen functional groups attached to an aromatic ring is 1. The Labute approximate surface area is 225 Å². The van der Waals surface area contributed by atoms with Gasteiger partial charge in [0, 0.05) is 75.1 Å². The molecule has 1 aromatic carbocycles. The molecule has 0 aromatic heterocycles. The summed E-state index contributed by atoms with van der Waals surface area (Å²) in [6.07, 6.45) is 3.96. The first kappa shape index (κ1) is 25.3. The van der Waals surface area contributed by atoms with Crippen molar-refractivity contribution in [2.45, 2.75) is 74.6 Å². The van der Waals surface area contributed by atoms with Crippen LogP contribution < -0.4 is 5.73 Å². The minimum Gasteiger partial charge on any atom is -0.454 e. The molecule has 38 heavy (non-hydrogen) atoms. The van der Waals surface area contributed by atoms with Crippen molar-refractivity contribution in [3.8, 4) is 0 Å². The molecule has 7 bridgehead atoms. The zero-order valence-corrected chi connectivity index (χ0v) is 23.0. The zero-order valence-electron chi connectivity index (χ0n) is 23.0. The highest BCUT2D eigenvalue weighted by Crippen LogP contribution is 2.78. The fourth-order valence-corrected chi connectivity index (χ4v) is 11.3. The van der Waals surface area contributed by atoms with Crippen LogP contribution in [0.15, 0.2) is 24.3 Å². The Kier molecular flexibility index (Phi) is 5.59. The summed E-state index contributed by atoms with van der Waals surface area (Å²) in [5.41, 5.74) is 5.31. The van der Waals surface area contributed by atoms with Gasteiger partial charge in [0.2, 0.25) is 0 Å². The number of likely N-dealkylation sites (N-methyl/N-ethyl adjacent to an activating group) is 1. The molecular formula is C30H42N2O6. The fourth-order valence-electron chi connectivity index (χ4n) is 11.3. The molecule has 6 fully saturated rings. The van der Waals surface area contributed by atoms with Crippen LogP contribution in [-0.4, -0.2) is 86.0 Å². The summed E-state index contributed by atoms with van der Waals surface area (Å²) in [6.45, 7) is 3.71. The molecule has 8 nitrogen and oxygen atoms in total. The summed E-state index contributed by atoms with van der Waals surface area (Å²) in [4.78, 5) is 16.2. The van der Waals surface area contributed by atoms with Crippen LogP contribution in [0.2, 0.25) is 0 Å². The first-order valence-corrected chi connectivity index (χ1v) is 14.4. The Hall–Kier alpha value is -1.71. The Bertz CT molecular complexity index is 1130. The number of methoxy groups -OCH3 is 3. The Morgan fingerprint density at radius 1 is 1.13 bits per heavy atom. The second-order valence-electron chi connectivity index (χ2n) is 12.9. The van der Waals surface area contributed by atoms with Crippen molar-refractivity contribution in [2.75, 3.05) is 40.2 Å². The summed E-state index contributed by atoms with van der Waals surface area (Å²) in [5, 5.41) is 12.7. The Morgan fingerprint density at radius 2 is 1.92 bits per heavy atom. The van der Waals surface area contributed by atoms with Crippen LogP contribution in [0.5, 0.6) is 0 Å². The van der Waals surface area contributed by atoms with Gasteiger partial charge in [-0.25, -0.2) is 4.79 Å². The van der Waals surface area contributed by atoms with Gasteiger partial charge in [0.05, 0.1) is 29.5 Å². The molecule has 5 saturated carbocycles. The average molecular weight is 527 g/mol. The van der Waals surface area contributed by atoms with Crippen molar-refractivity contribution >= 4 is 11.7 Å². The molecule has 12 atom stereocenters. The number of anilines is 1. The van der Waals surface area contributed by atoms with Crippen molar-refractivity contribution in [2.24, 2.45) is 35.0 Å². The Morgan fingerprint density at radius 3 is 2.61 bits per heavy atom. The van der Waals surface area contributed by atoms with Gasteiger partial charge < -0.3 is 29.8 Å². The van der Waals surface area contributed by atoms with Crippen molar-refractivity contribution in [1.29, 1.82) is 0 Å². The normalized spacial score (nSPS) is 50.2. The topological polar surface area (TPSA) is 103 Å². The van der Waals surface area contributed by atoms with Crippen molar-refractivity contribution < 1.29 is 28.8 Å². The number of esters is 1. The maximum absolute atomic E-state index is 13.7. The minimum atomic E-state index is -0.887. The first-order chi connectivity index (χ1) is 18.3. The molecule has 0 unspecified atom stereocenters. The number of hydrogen-bond donors (Lipinski definition) is 2. The third kappa shape index (κ3) is 2.81. The van der Waals surface area contributed by atoms with Gasteiger partial charge in [-0.1, -0.05) is 19.1 Å². The molecule has 208 valence electrons. The van der Waals surface area contributed by atoms with Gasteiger partial charge in [0.25, 0.3) is 0 Å². The van der Waals surface area contributed by atoms with Gasteiger partial charge in [-0.05, 0) is 50.3 Å². The summed E-state index contributed by atoms with van der Waals surface area (Å²) in [5.74, 6) is 0.280. The van der Waals surface area contributed by atoms with E-state index in [9.17, 15) is 9.90 Å².